The third-order valence-electron chi connectivity index (χ3n) is 3.83. The zero-order chi connectivity index (χ0) is 15.7. The van der Waals surface area contributed by atoms with Crippen LogP contribution in [0.4, 0.5) is 18.3 Å². The van der Waals surface area contributed by atoms with Crippen LogP contribution in [0, 0.1) is 0 Å². The van der Waals surface area contributed by atoms with Crippen LogP contribution in [-0.2, 0) is 12.6 Å². The third-order valence-corrected chi connectivity index (χ3v) is 4.64. The van der Waals surface area contributed by atoms with Crippen LogP contribution in [0.2, 0.25) is 0 Å². The van der Waals surface area contributed by atoms with E-state index in [2.05, 4.69) is 24.2 Å². The van der Waals surface area contributed by atoms with Gasteiger partial charge in [0.15, 0.2) is 0 Å². The maximum atomic E-state index is 12.6. The van der Waals surface area contributed by atoms with Gasteiger partial charge < -0.3 is 9.88 Å². The SMILES string of the molecule is CCc1nsc(N2CCC(c3ncc(C(F)(F)F)[nH]3)CC2)n1. The topological polar surface area (TPSA) is 57.7 Å². The summed E-state index contributed by atoms with van der Waals surface area (Å²) in [6.07, 6.45) is -1.17. The maximum absolute atomic E-state index is 12.6. The summed E-state index contributed by atoms with van der Waals surface area (Å²) in [5, 5.41) is 0.894. The molecule has 0 aliphatic carbocycles. The summed E-state index contributed by atoms with van der Waals surface area (Å²) in [7, 11) is 0. The van der Waals surface area contributed by atoms with Crippen LogP contribution in [-0.4, -0.2) is 32.4 Å². The average Bonchev–Trinajstić information content (AvgIpc) is 3.16. The van der Waals surface area contributed by atoms with Gasteiger partial charge in [-0.1, -0.05) is 6.92 Å². The Morgan fingerprint density at radius 1 is 1.36 bits per heavy atom. The summed E-state index contributed by atoms with van der Waals surface area (Å²) in [4.78, 5) is 12.9. The molecule has 3 heterocycles. The zero-order valence-electron chi connectivity index (χ0n) is 12.0. The molecule has 22 heavy (non-hydrogen) atoms. The molecule has 2 aromatic heterocycles. The third kappa shape index (κ3) is 3.08. The summed E-state index contributed by atoms with van der Waals surface area (Å²) in [6.45, 7) is 3.52. The number of H-pyrrole nitrogens is 1. The minimum atomic E-state index is -4.37. The second-order valence-corrected chi connectivity index (χ2v) is 6.02. The van der Waals surface area contributed by atoms with E-state index in [9.17, 15) is 13.2 Å². The molecule has 0 bridgehead atoms. The second-order valence-electron chi connectivity index (χ2n) is 5.29. The number of anilines is 1. The van der Waals surface area contributed by atoms with Crippen LogP contribution >= 0.6 is 11.5 Å². The van der Waals surface area contributed by atoms with Gasteiger partial charge in [-0.3, -0.25) is 0 Å². The lowest BCUT2D eigenvalue weighted by Crippen LogP contribution is -2.33. The summed E-state index contributed by atoms with van der Waals surface area (Å²) < 4.78 is 42.0. The van der Waals surface area contributed by atoms with Crippen molar-refractivity contribution in [2.45, 2.75) is 38.3 Å². The number of hydrogen-bond donors (Lipinski definition) is 1. The summed E-state index contributed by atoms with van der Waals surface area (Å²) in [5.41, 5.74) is -0.776. The van der Waals surface area contributed by atoms with Gasteiger partial charge in [0.1, 0.15) is 17.3 Å². The first kappa shape index (κ1) is 15.3. The smallest absolute Gasteiger partial charge is 0.347 e. The molecule has 0 atom stereocenters. The molecule has 1 saturated heterocycles. The van der Waals surface area contributed by atoms with E-state index < -0.39 is 11.9 Å². The van der Waals surface area contributed by atoms with Crippen molar-refractivity contribution in [1.82, 2.24) is 19.3 Å². The first-order valence-electron chi connectivity index (χ1n) is 7.17. The van der Waals surface area contributed by atoms with E-state index in [4.69, 9.17) is 0 Å². The molecule has 3 rings (SSSR count). The van der Waals surface area contributed by atoms with Crippen molar-refractivity contribution in [3.8, 4) is 0 Å². The first-order valence-corrected chi connectivity index (χ1v) is 7.94. The summed E-state index contributed by atoms with van der Waals surface area (Å²) >= 11 is 1.38. The number of nitrogens with one attached hydrogen (secondary N) is 1. The summed E-state index contributed by atoms with van der Waals surface area (Å²) in [5.74, 6) is 1.30. The van der Waals surface area contributed by atoms with E-state index in [1.54, 1.807) is 0 Å². The van der Waals surface area contributed by atoms with Gasteiger partial charge in [-0.25, -0.2) is 9.97 Å². The number of aromatic nitrogens is 4. The van der Waals surface area contributed by atoms with Crippen molar-refractivity contribution in [1.29, 1.82) is 0 Å². The van der Waals surface area contributed by atoms with E-state index in [1.807, 2.05) is 6.92 Å². The number of rotatable bonds is 3. The Hall–Kier alpha value is -1.64. The molecule has 1 aliphatic heterocycles. The standard InChI is InChI=1S/C13H16F3N5S/c1-2-10-19-12(22-20-10)21-5-3-8(4-6-21)11-17-7-9(18-11)13(14,15)16/h7-8H,2-6H2,1H3,(H,17,18). The molecule has 0 saturated carbocycles. The van der Waals surface area contributed by atoms with Gasteiger partial charge in [-0.15, -0.1) is 0 Å². The van der Waals surface area contributed by atoms with Gasteiger partial charge >= 0.3 is 6.18 Å². The van der Waals surface area contributed by atoms with Gasteiger partial charge in [0.05, 0.1) is 6.20 Å². The molecule has 0 amide bonds. The molecule has 120 valence electrons. The second kappa shape index (κ2) is 5.86. The first-order chi connectivity index (χ1) is 10.5. The Morgan fingerprint density at radius 3 is 2.64 bits per heavy atom. The number of aromatic amines is 1. The van der Waals surface area contributed by atoms with Gasteiger partial charge in [0.2, 0.25) is 5.13 Å². The lowest BCUT2D eigenvalue weighted by molar-refractivity contribution is -0.141. The van der Waals surface area contributed by atoms with Gasteiger partial charge in [0, 0.05) is 37.0 Å². The molecular weight excluding hydrogens is 315 g/mol. The number of aryl methyl sites for hydroxylation is 1. The Balaban J connectivity index is 1.63. The highest BCUT2D eigenvalue weighted by atomic mass is 32.1. The lowest BCUT2D eigenvalue weighted by atomic mass is 9.96. The highest BCUT2D eigenvalue weighted by molar-refractivity contribution is 7.09. The fourth-order valence-electron chi connectivity index (χ4n) is 2.55. The molecule has 0 unspecified atom stereocenters. The average molecular weight is 331 g/mol. The lowest BCUT2D eigenvalue weighted by Gasteiger charge is -2.30. The van der Waals surface area contributed by atoms with Crippen LogP contribution in [0.5, 0.6) is 0 Å². The van der Waals surface area contributed by atoms with Crippen molar-refractivity contribution >= 4 is 16.7 Å². The van der Waals surface area contributed by atoms with Crippen LogP contribution in [0.3, 0.4) is 0 Å². The predicted molar refractivity (Wildman–Crippen MR) is 77.1 cm³/mol. The predicted octanol–water partition coefficient (Wildman–Crippen LogP) is 3.23. The number of hydrogen-bond acceptors (Lipinski definition) is 5. The Morgan fingerprint density at radius 2 is 2.09 bits per heavy atom. The molecule has 0 aromatic carbocycles. The summed E-state index contributed by atoms with van der Waals surface area (Å²) in [6, 6.07) is 0. The number of nitrogens with zero attached hydrogens (tertiary/aromatic N) is 4. The largest absolute Gasteiger partial charge is 0.432 e. The van der Waals surface area contributed by atoms with Crippen molar-refractivity contribution in [3.63, 3.8) is 0 Å². The molecular formula is C13H16F3N5S. The van der Waals surface area contributed by atoms with Gasteiger partial charge in [-0.2, -0.15) is 17.5 Å². The van der Waals surface area contributed by atoms with Gasteiger partial charge in [0.25, 0.3) is 0 Å². The van der Waals surface area contributed by atoms with Crippen molar-refractivity contribution < 1.29 is 13.2 Å². The number of imidazole rings is 1. The van der Waals surface area contributed by atoms with Crippen molar-refractivity contribution in [3.05, 3.63) is 23.5 Å². The van der Waals surface area contributed by atoms with E-state index in [1.165, 1.54) is 11.5 Å². The zero-order valence-corrected chi connectivity index (χ0v) is 12.8. The highest BCUT2D eigenvalue weighted by Gasteiger charge is 2.34. The Kier molecular flexibility index (Phi) is 4.07. The fourth-order valence-corrected chi connectivity index (χ4v) is 3.35. The van der Waals surface area contributed by atoms with Crippen LogP contribution < -0.4 is 4.90 Å². The minimum Gasteiger partial charge on any atom is -0.347 e. The number of halogens is 3. The normalized spacial score (nSPS) is 17.2. The molecule has 1 N–H and O–H groups in total. The molecule has 5 nitrogen and oxygen atoms in total. The van der Waals surface area contributed by atoms with Crippen LogP contribution in [0.1, 0.15) is 43.0 Å². The fraction of sp³-hybridized carbons (Fsp3) is 0.615. The van der Waals surface area contributed by atoms with Crippen LogP contribution in [0.15, 0.2) is 6.20 Å². The molecule has 1 aliphatic rings. The van der Waals surface area contributed by atoms with E-state index >= 15 is 0 Å². The maximum Gasteiger partial charge on any atom is 0.432 e. The molecule has 9 heteroatoms. The van der Waals surface area contributed by atoms with E-state index in [0.717, 1.165) is 49.5 Å². The number of alkyl halides is 3. The van der Waals surface area contributed by atoms with E-state index in [0.29, 0.717) is 5.82 Å². The minimum absolute atomic E-state index is 0.0333. The quantitative estimate of drug-likeness (QED) is 0.938. The van der Waals surface area contributed by atoms with Gasteiger partial charge in [-0.05, 0) is 12.8 Å². The Labute approximate surface area is 129 Å². The molecule has 1 fully saturated rings. The number of piperidine rings is 1. The molecule has 0 radical (unpaired) electrons. The Bertz CT molecular complexity index is 628. The molecule has 2 aromatic rings. The highest BCUT2D eigenvalue weighted by Crippen LogP contribution is 2.32. The van der Waals surface area contributed by atoms with Crippen molar-refractivity contribution in [2.24, 2.45) is 0 Å². The van der Waals surface area contributed by atoms with Crippen LogP contribution in [0.25, 0.3) is 0 Å². The monoisotopic (exact) mass is 331 g/mol. The van der Waals surface area contributed by atoms with Crippen molar-refractivity contribution in [2.75, 3.05) is 18.0 Å². The molecule has 0 spiro atoms. The van der Waals surface area contributed by atoms with E-state index in [-0.39, 0.29) is 5.92 Å².